The van der Waals surface area contributed by atoms with E-state index >= 15 is 0 Å². The second kappa shape index (κ2) is 6.72. The summed E-state index contributed by atoms with van der Waals surface area (Å²) in [6.07, 6.45) is -0.269. The second-order valence-corrected chi connectivity index (χ2v) is 3.18. The first-order chi connectivity index (χ1) is 7.38. The summed E-state index contributed by atoms with van der Waals surface area (Å²) in [5.41, 5.74) is 0.110. The standard InChI is InChI=1S/C8H12N2O5S/c1-9-4(7(16)8(14)15)2-5(11)10-3-6(12)13/h9,16H,2-3H2,1H3,(H,10,11)(H,12,13)(H,14,15)/b7-4-. The number of hydrogen-bond acceptors (Lipinski definition) is 5. The summed E-state index contributed by atoms with van der Waals surface area (Å²) >= 11 is 3.70. The zero-order chi connectivity index (χ0) is 12.7. The van der Waals surface area contributed by atoms with E-state index in [-0.39, 0.29) is 17.0 Å². The van der Waals surface area contributed by atoms with Crippen LogP contribution in [0.15, 0.2) is 10.6 Å². The summed E-state index contributed by atoms with van der Waals surface area (Å²) in [7, 11) is 1.44. The number of carboxylic acids is 2. The van der Waals surface area contributed by atoms with Crippen LogP contribution in [0.25, 0.3) is 0 Å². The molecule has 0 aromatic heterocycles. The Morgan fingerprint density at radius 1 is 1.25 bits per heavy atom. The topological polar surface area (TPSA) is 116 Å². The van der Waals surface area contributed by atoms with Crippen molar-refractivity contribution in [2.24, 2.45) is 0 Å². The van der Waals surface area contributed by atoms with Crippen LogP contribution in [0, 0.1) is 0 Å². The molecule has 0 aliphatic carbocycles. The number of hydrogen-bond donors (Lipinski definition) is 5. The van der Waals surface area contributed by atoms with Crippen molar-refractivity contribution in [1.82, 2.24) is 10.6 Å². The molecule has 0 bridgehead atoms. The summed E-state index contributed by atoms with van der Waals surface area (Å²) in [5, 5.41) is 21.5. The molecule has 0 aromatic rings. The minimum Gasteiger partial charge on any atom is -0.480 e. The van der Waals surface area contributed by atoms with E-state index in [1.165, 1.54) is 7.05 Å². The SMILES string of the molecule is CN/C(CC(=O)NCC(=O)O)=C(\S)C(=O)O. The lowest BCUT2D eigenvalue weighted by Gasteiger charge is -2.08. The Morgan fingerprint density at radius 2 is 1.81 bits per heavy atom. The Bertz CT molecular complexity index is 339. The quantitative estimate of drug-likeness (QED) is 0.305. The van der Waals surface area contributed by atoms with E-state index in [0.29, 0.717) is 0 Å². The molecule has 0 saturated carbocycles. The van der Waals surface area contributed by atoms with Crippen LogP contribution in [-0.2, 0) is 14.4 Å². The van der Waals surface area contributed by atoms with E-state index < -0.39 is 24.4 Å². The summed E-state index contributed by atoms with van der Waals surface area (Å²) in [6, 6.07) is 0. The van der Waals surface area contributed by atoms with Crippen LogP contribution in [0.5, 0.6) is 0 Å². The zero-order valence-electron chi connectivity index (χ0n) is 8.48. The molecule has 0 fully saturated rings. The van der Waals surface area contributed by atoms with Gasteiger partial charge < -0.3 is 20.8 Å². The number of nitrogens with one attached hydrogen (secondary N) is 2. The van der Waals surface area contributed by atoms with Crippen molar-refractivity contribution in [1.29, 1.82) is 0 Å². The van der Waals surface area contributed by atoms with Gasteiger partial charge in [-0.1, -0.05) is 0 Å². The monoisotopic (exact) mass is 248 g/mol. The Balaban J connectivity index is 4.45. The predicted octanol–water partition coefficient (Wildman–Crippen LogP) is -0.977. The molecule has 0 saturated heterocycles. The number of carbonyl (C=O) groups excluding carboxylic acids is 1. The average molecular weight is 248 g/mol. The van der Waals surface area contributed by atoms with Gasteiger partial charge in [0.15, 0.2) is 0 Å². The smallest absolute Gasteiger partial charge is 0.343 e. The summed E-state index contributed by atoms with van der Waals surface area (Å²) in [6.45, 7) is -0.509. The van der Waals surface area contributed by atoms with Crippen molar-refractivity contribution in [2.45, 2.75) is 6.42 Å². The molecule has 8 heteroatoms. The fraction of sp³-hybridized carbons (Fsp3) is 0.375. The second-order valence-electron chi connectivity index (χ2n) is 2.73. The lowest BCUT2D eigenvalue weighted by atomic mass is 10.2. The Kier molecular flexibility index (Phi) is 6.01. The molecule has 16 heavy (non-hydrogen) atoms. The van der Waals surface area contributed by atoms with Gasteiger partial charge in [-0.05, 0) is 0 Å². The molecule has 0 rings (SSSR count). The largest absolute Gasteiger partial charge is 0.480 e. The normalized spacial score (nSPS) is 11.4. The molecule has 0 unspecified atom stereocenters. The van der Waals surface area contributed by atoms with Crippen LogP contribution in [0.3, 0.4) is 0 Å². The molecule has 4 N–H and O–H groups in total. The van der Waals surface area contributed by atoms with Crippen LogP contribution in [0.1, 0.15) is 6.42 Å². The van der Waals surface area contributed by atoms with E-state index in [9.17, 15) is 14.4 Å². The maximum absolute atomic E-state index is 11.2. The Labute approximate surface area is 96.9 Å². The molecular formula is C8H12N2O5S. The van der Waals surface area contributed by atoms with Gasteiger partial charge in [0.1, 0.15) is 11.4 Å². The minimum atomic E-state index is -1.27. The van der Waals surface area contributed by atoms with Crippen molar-refractivity contribution < 1.29 is 24.6 Å². The van der Waals surface area contributed by atoms with Crippen LogP contribution in [0.2, 0.25) is 0 Å². The molecule has 0 aliphatic heterocycles. The predicted molar refractivity (Wildman–Crippen MR) is 58.0 cm³/mol. The third kappa shape index (κ3) is 5.25. The molecule has 0 aromatic carbocycles. The fourth-order valence-corrected chi connectivity index (χ4v) is 1.01. The highest BCUT2D eigenvalue weighted by atomic mass is 32.1. The third-order valence-electron chi connectivity index (χ3n) is 1.56. The number of thiol groups is 1. The van der Waals surface area contributed by atoms with Crippen molar-refractivity contribution >= 4 is 30.5 Å². The van der Waals surface area contributed by atoms with E-state index in [0.717, 1.165) is 0 Å². The lowest BCUT2D eigenvalue weighted by Crippen LogP contribution is -2.31. The van der Waals surface area contributed by atoms with Gasteiger partial charge in [0.25, 0.3) is 0 Å². The zero-order valence-corrected chi connectivity index (χ0v) is 9.38. The Morgan fingerprint density at radius 3 is 2.19 bits per heavy atom. The van der Waals surface area contributed by atoms with Crippen molar-refractivity contribution in [3.05, 3.63) is 10.6 Å². The summed E-state index contributed by atoms with van der Waals surface area (Å²) < 4.78 is 0. The van der Waals surface area contributed by atoms with E-state index in [1.54, 1.807) is 0 Å². The van der Waals surface area contributed by atoms with E-state index in [4.69, 9.17) is 10.2 Å². The molecule has 0 heterocycles. The Hall–Kier alpha value is -1.70. The van der Waals surface area contributed by atoms with Gasteiger partial charge >= 0.3 is 11.9 Å². The highest BCUT2D eigenvalue weighted by molar-refractivity contribution is 7.85. The molecule has 90 valence electrons. The first-order valence-corrected chi connectivity index (χ1v) is 4.64. The molecule has 7 nitrogen and oxygen atoms in total. The number of aliphatic carboxylic acids is 2. The van der Waals surface area contributed by atoms with Crippen LogP contribution in [-0.4, -0.2) is 41.7 Å². The average Bonchev–Trinajstić information content (AvgIpc) is 2.21. The highest BCUT2D eigenvalue weighted by Crippen LogP contribution is 2.09. The van der Waals surface area contributed by atoms with E-state index in [2.05, 4.69) is 23.3 Å². The highest BCUT2D eigenvalue weighted by Gasteiger charge is 2.13. The minimum absolute atomic E-state index is 0.110. The summed E-state index contributed by atoms with van der Waals surface area (Å²) in [5.74, 6) is -3.04. The lowest BCUT2D eigenvalue weighted by molar-refractivity contribution is -0.138. The molecule has 0 aliphatic rings. The van der Waals surface area contributed by atoms with Gasteiger partial charge in [-0.2, -0.15) is 0 Å². The van der Waals surface area contributed by atoms with Gasteiger partial charge in [0.05, 0.1) is 6.42 Å². The van der Waals surface area contributed by atoms with Gasteiger partial charge in [0, 0.05) is 12.7 Å². The maximum atomic E-state index is 11.2. The molecule has 0 radical (unpaired) electrons. The number of rotatable bonds is 6. The third-order valence-corrected chi connectivity index (χ3v) is 2.03. The van der Waals surface area contributed by atoms with Crippen molar-refractivity contribution in [3.63, 3.8) is 0 Å². The van der Waals surface area contributed by atoms with Crippen molar-refractivity contribution in [2.75, 3.05) is 13.6 Å². The van der Waals surface area contributed by atoms with Gasteiger partial charge in [-0.15, -0.1) is 12.6 Å². The van der Waals surface area contributed by atoms with Crippen molar-refractivity contribution in [3.8, 4) is 0 Å². The van der Waals surface area contributed by atoms with Crippen LogP contribution in [0.4, 0.5) is 0 Å². The van der Waals surface area contributed by atoms with E-state index in [1.807, 2.05) is 0 Å². The fourth-order valence-electron chi connectivity index (χ4n) is 0.817. The van der Waals surface area contributed by atoms with Crippen LogP contribution >= 0.6 is 12.6 Å². The van der Waals surface area contributed by atoms with Gasteiger partial charge in [0.2, 0.25) is 5.91 Å². The van der Waals surface area contributed by atoms with Gasteiger partial charge in [-0.25, -0.2) is 4.79 Å². The van der Waals surface area contributed by atoms with Gasteiger partial charge in [-0.3, -0.25) is 9.59 Å². The number of carboxylic acid groups (broad SMARTS) is 2. The molecular weight excluding hydrogens is 236 g/mol. The van der Waals surface area contributed by atoms with Crippen LogP contribution < -0.4 is 10.6 Å². The first-order valence-electron chi connectivity index (χ1n) is 4.20. The molecule has 0 atom stereocenters. The maximum Gasteiger partial charge on any atom is 0.343 e. The molecule has 1 amide bonds. The number of amides is 1. The number of carbonyl (C=O) groups is 3. The summed E-state index contributed by atoms with van der Waals surface area (Å²) in [4.78, 5) is 31.6. The molecule has 0 spiro atoms. The first kappa shape index (κ1) is 14.3.